The molecule has 2 heterocycles. The van der Waals surface area contributed by atoms with Crippen LogP contribution in [0.2, 0.25) is 0 Å². The van der Waals surface area contributed by atoms with E-state index in [1.807, 2.05) is 25.1 Å². The molecule has 3 rings (SSSR count). The zero-order chi connectivity index (χ0) is 15.6. The molecule has 0 spiro atoms. The molecule has 0 radical (unpaired) electrons. The van der Waals surface area contributed by atoms with Crippen molar-refractivity contribution in [1.29, 1.82) is 0 Å². The second kappa shape index (κ2) is 6.29. The van der Waals surface area contributed by atoms with Gasteiger partial charge in [0.2, 0.25) is 0 Å². The molecule has 0 atom stereocenters. The molecule has 0 unspecified atom stereocenters. The van der Waals surface area contributed by atoms with Gasteiger partial charge in [-0.15, -0.1) is 0 Å². The van der Waals surface area contributed by atoms with E-state index >= 15 is 0 Å². The van der Waals surface area contributed by atoms with Gasteiger partial charge in [0.1, 0.15) is 5.75 Å². The Kier molecular flexibility index (Phi) is 4.39. The number of amides is 1. The fourth-order valence-electron chi connectivity index (χ4n) is 4.16. The van der Waals surface area contributed by atoms with Gasteiger partial charge in [-0.1, -0.05) is 0 Å². The monoisotopic (exact) mass is 302 g/mol. The van der Waals surface area contributed by atoms with Crippen molar-refractivity contribution in [3.8, 4) is 5.75 Å². The maximum absolute atomic E-state index is 12.3. The van der Waals surface area contributed by atoms with Crippen LogP contribution < -0.4 is 10.1 Å². The highest BCUT2D eigenvalue weighted by Crippen LogP contribution is 2.40. The van der Waals surface area contributed by atoms with Crippen LogP contribution in [0.15, 0.2) is 18.2 Å². The molecule has 1 aromatic carbocycles. The summed E-state index contributed by atoms with van der Waals surface area (Å²) in [7, 11) is 1.65. The number of nitrogens with zero attached hydrogens (tertiary/aromatic N) is 1. The Balaban J connectivity index is 1.55. The first-order valence-corrected chi connectivity index (χ1v) is 8.32. The molecule has 120 valence electrons. The molecule has 0 saturated carbocycles. The molecule has 22 heavy (non-hydrogen) atoms. The first-order chi connectivity index (χ1) is 10.6. The Morgan fingerprint density at radius 1 is 1.32 bits per heavy atom. The first kappa shape index (κ1) is 15.3. The van der Waals surface area contributed by atoms with Gasteiger partial charge in [-0.3, -0.25) is 9.69 Å². The summed E-state index contributed by atoms with van der Waals surface area (Å²) in [5.41, 5.74) is 2.08. The summed E-state index contributed by atoms with van der Waals surface area (Å²) in [6.45, 7) is 5.21. The molecule has 2 aliphatic heterocycles. The van der Waals surface area contributed by atoms with E-state index in [-0.39, 0.29) is 5.91 Å². The molecule has 0 aromatic heterocycles. The van der Waals surface area contributed by atoms with E-state index in [0.717, 1.165) is 24.3 Å². The summed E-state index contributed by atoms with van der Waals surface area (Å²) in [5.74, 6) is 0.840. The van der Waals surface area contributed by atoms with Crippen molar-refractivity contribution in [3.05, 3.63) is 29.3 Å². The summed E-state index contributed by atoms with van der Waals surface area (Å²) < 4.78 is 5.24. The van der Waals surface area contributed by atoms with Gasteiger partial charge >= 0.3 is 0 Å². The molecule has 0 aliphatic carbocycles. The zero-order valence-electron chi connectivity index (χ0n) is 13.7. The normalized spacial score (nSPS) is 19.9. The number of carbonyl (C=O) groups is 1. The topological polar surface area (TPSA) is 41.6 Å². The number of fused-ring (bicyclic) bond motifs is 1. The lowest BCUT2D eigenvalue weighted by atomic mass is 9.90. The van der Waals surface area contributed by atoms with Crippen LogP contribution in [0.5, 0.6) is 5.75 Å². The minimum Gasteiger partial charge on any atom is -0.496 e. The van der Waals surface area contributed by atoms with Crippen LogP contribution in [0.3, 0.4) is 0 Å². The van der Waals surface area contributed by atoms with Crippen molar-refractivity contribution in [2.75, 3.05) is 26.7 Å². The van der Waals surface area contributed by atoms with E-state index in [4.69, 9.17) is 4.74 Å². The van der Waals surface area contributed by atoms with Gasteiger partial charge in [0.05, 0.1) is 7.11 Å². The Morgan fingerprint density at radius 2 is 2.05 bits per heavy atom. The standard InChI is InChI=1S/C18H26N2O2/c1-14-13-15(5-6-16(14)22-2)17(21)19-10-9-18-7-3-11-20(18)12-4-8-18/h5-6,13H,3-4,7-12H2,1-2H3,(H,19,21). The van der Waals surface area contributed by atoms with Crippen molar-refractivity contribution < 1.29 is 9.53 Å². The van der Waals surface area contributed by atoms with Gasteiger partial charge in [-0.2, -0.15) is 0 Å². The number of hydrogen-bond acceptors (Lipinski definition) is 3. The third kappa shape index (κ3) is 2.84. The average Bonchev–Trinajstić information content (AvgIpc) is 3.06. The quantitative estimate of drug-likeness (QED) is 0.909. The van der Waals surface area contributed by atoms with E-state index in [2.05, 4.69) is 10.2 Å². The third-order valence-corrected chi connectivity index (χ3v) is 5.34. The molecule has 2 saturated heterocycles. The highest BCUT2D eigenvalue weighted by Gasteiger charge is 2.43. The molecule has 1 aromatic rings. The predicted molar refractivity (Wildman–Crippen MR) is 87.5 cm³/mol. The average molecular weight is 302 g/mol. The zero-order valence-corrected chi connectivity index (χ0v) is 13.7. The molecule has 1 N–H and O–H groups in total. The van der Waals surface area contributed by atoms with Gasteiger partial charge in [0.15, 0.2) is 0 Å². The SMILES string of the molecule is COc1ccc(C(=O)NCCC23CCCN2CCC3)cc1C. The van der Waals surface area contributed by atoms with Crippen molar-refractivity contribution >= 4 is 5.91 Å². The van der Waals surface area contributed by atoms with Gasteiger partial charge in [0, 0.05) is 17.6 Å². The van der Waals surface area contributed by atoms with Gasteiger partial charge in [-0.05, 0) is 75.9 Å². The number of ether oxygens (including phenoxy) is 1. The van der Waals surface area contributed by atoms with Crippen molar-refractivity contribution in [2.24, 2.45) is 0 Å². The van der Waals surface area contributed by atoms with Crippen LogP contribution in [0.1, 0.15) is 48.0 Å². The van der Waals surface area contributed by atoms with Crippen LogP contribution in [0, 0.1) is 6.92 Å². The lowest BCUT2D eigenvalue weighted by Gasteiger charge is -2.32. The van der Waals surface area contributed by atoms with Crippen LogP contribution >= 0.6 is 0 Å². The van der Waals surface area contributed by atoms with Gasteiger partial charge in [-0.25, -0.2) is 0 Å². The summed E-state index contributed by atoms with van der Waals surface area (Å²) in [4.78, 5) is 14.9. The van der Waals surface area contributed by atoms with E-state index in [1.54, 1.807) is 7.11 Å². The molecule has 4 heteroatoms. The van der Waals surface area contributed by atoms with E-state index in [9.17, 15) is 4.79 Å². The first-order valence-electron chi connectivity index (χ1n) is 8.32. The number of carbonyl (C=O) groups excluding carboxylic acids is 1. The van der Waals surface area contributed by atoms with Crippen LogP contribution in [0.25, 0.3) is 0 Å². The number of nitrogens with one attached hydrogen (secondary N) is 1. The smallest absolute Gasteiger partial charge is 0.251 e. The number of hydrogen-bond donors (Lipinski definition) is 1. The summed E-state index contributed by atoms with van der Waals surface area (Å²) >= 11 is 0. The van der Waals surface area contributed by atoms with E-state index in [0.29, 0.717) is 11.1 Å². The molecule has 2 fully saturated rings. The highest BCUT2D eigenvalue weighted by molar-refractivity contribution is 5.94. The van der Waals surface area contributed by atoms with E-state index < -0.39 is 0 Å². The predicted octanol–water partition coefficient (Wildman–Crippen LogP) is 2.75. The Morgan fingerprint density at radius 3 is 2.68 bits per heavy atom. The fourth-order valence-corrected chi connectivity index (χ4v) is 4.16. The van der Waals surface area contributed by atoms with Crippen LogP contribution in [0.4, 0.5) is 0 Å². The van der Waals surface area contributed by atoms with Gasteiger partial charge < -0.3 is 10.1 Å². The van der Waals surface area contributed by atoms with Crippen LogP contribution in [-0.2, 0) is 0 Å². The number of benzene rings is 1. The number of rotatable bonds is 5. The molecular formula is C18H26N2O2. The van der Waals surface area contributed by atoms with E-state index in [1.165, 1.54) is 38.8 Å². The second-order valence-electron chi connectivity index (χ2n) is 6.61. The van der Waals surface area contributed by atoms with Crippen molar-refractivity contribution in [2.45, 2.75) is 44.6 Å². The largest absolute Gasteiger partial charge is 0.496 e. The molecule has 2 aliphatic rings. The molecular weight excluding hydrogens is 276 g/mol. The maximum Gasteiger partial charge on any atom is 0.251 e. The summed E-state index contributed by atoms with van der Waals surface area (Å²) in [6, 6.07) is 5.58. The van der Waals surface area contributed by atoms with Crippen molar-refractivity contribution in [1.82, 2.24) is 10.2 Å². The highest BCUT2D eigenvalue weighted by atomic mass is 16.5. The lowest BCUT2D eigenvalue weighted by molar-refractivity contribution is 0.0942. The maximum atomic E-state index is 12.3. The minimum atomic E-state index is 0.0182. The van der Waals surface area contributed by atoms with Crippen molar-refractivity contribution in [3.63, 3.8) is 0 Å². The minimum absolute atomic E-state index is 0.0182. The Bertz CT molecular complexity index is 546. The number of aryl methyl sites for hydroxylation is 1. The summed E-state index contributed by atoms with van der Waals surface area (Å²) in [6.07, 6.45) is 6.29. The fraction of sp³-hybridized carbons (Fsp3) is 0.611. The second-order valence-corrected chi connectivity index (χ2v) is 6.61. The van der Waals surface area contributed by atoms with Crippen LogP contribution in [-0.4, -0.2) is 43.1 Å². The lowest BCUT2D eigenvalue weighted by Crippen LogP contribution is -2.41. The molecule has 4 nitrogen and oxygen atoms in total. The Hall–Kier alpha value is -1.55. The number of methoxy groups -OCH3 is 1. The van der Waals surface area contributed by atoms with Gasteiger partial charge in [0.25, 0.3) is 5.91 Å². The third-order valence-electron chi connectivity index (χ3n) is 5.34. The summed E-state index contributed by atoms with van der Waals surface area (Å²) in [5, 5.41) is 3.09. The molecule has 1 amide bonds. The Labute approximate surface area is 132 Å². The molecule has 0 bridgehead atoms.